The van der Waals surface area contributed by atoms with Gasteiger partial charge in [0, 0.05) is 25.4 Å². The van der Waals surface area contributed by atoms with Crippen LogP contribution in [0.2, 0.25) is 0 Å². The fraction of sp³-hybridized carbons (Fsp3) is 0.250. The highest BCUT2D eigenvalue weighted by atomic mass is 16.7. The van der Waals surface area contributed by atoms with Crippen LogP contribution in [0, 0.1) is 0 Å². The smallest absolute Gasteiger partial charge is 0.209 e. The maximum atomic E-state index is 11.2. The number of nitrogens with zero attached hydrogens (tertiary/aromatic N) is 2. The summed E-state index contributed by atoms with van der Waals surface area (Å²) < 4.78 is 4.52. The molecule has 0 atom stereocenters. The van der Waals surface area contributed by atoms with Crippen molar-refractivity contribution >= 4 is 5.78 Å². The molecule has 70 valence electrons. The first-order valence-corrected chi connectivity index (χ1v) is 3.64. The summed E-state index contributed by atoms with van der Waals surface area (Å²) in [6, 6.07) is 1.50. The van der Waals surface area contributed by atoms with Crippen LogP contribution in [-0.2, 0) is 4.84 Å². The zero-order valence-electron chi connectivity index (χ0n) is 7.43. The van der Waals surface area contributed by atoms with Gasteiger partial charge in [-0.2, -0.15) is 0 Å². The second-order valence-corrected chi connectivity index (χ2v) is 2.29. The van der Waals surface area contributed by atoms with Crippen LogP contribution in [0.25, 0.3) is 0 Å². The predicted molar refractivity (Wildman–Crippen MR) is 44.7 cm³/mol. The molecule has 0 aliphatic carbocycles. The Morgan fingerprint density at radius 3 is 3.08 bits per heavy atom. The highest BCUT2D eigenvalue weighted by Gasteiger charge is 2.04. The summed E-state index contributed by atoms with van der Waals surface area (Å²) in [5.74, 6) is -0.224. The standard InChI is InChI=1S/C8H10N2O3/c1-10(12-2)5-3-8(11)7-4-6-13-9-7/h3-6H,1-2H3/b5-3-. The topological polar surface area (TPSA) is 55.6 Å². The molecule has 1 aromatic heterocycles. The van der Waals surface area contributed by atoms with E-state index in [0.717, 1.165) is 0 Å². The average Bonchev–Trinajstić information content (AvgIpc) is 2.66. The minimum atomic E-state index is -0.224. The summed E-state index contributed by atoms with van der Waals surface area (Å²) in [4.78, 5) is 16.0. The largest absolute Gasteiger partial charge is 0.364 e. The molecule has 0 radical (unpaired) electrons. The Morgan fingerprint density at radius 2 is 2.54 bits per heavy atom. The molecule has 5 heteroatoms. The molecule has 0 fully saturated rings. The summed E-state index contributed by atoms with van der Waals surface area (Å²) in [7, 11) is 3.18. The Bertz CT molecular complexity index is 292. The third kappa shape index (κ3) is 2.72. The van der Waals surface area contributed by atoms with Gasteiger partial charge in [-0.05, 0) is 0 Å². The molecule has 0 N–H and O–H groups in total. The summed E-state index contributed by atoms with van der Waals surface area (Å²) in [6.07, 6.45) is 4.19. The molecule has 0 saturated heterocycles. The van der Waals surface area contributed by atoms with Crippen molar-refractivity contribution in [2.45, 2.75) is 0 Å². The van der Waals surface area contributed by atoms with Crippen molar-refractivity contribution in [1.82, 2.24) is 10.2 Å². The number of ketones is 1. The van der Waals surface area contributed by atoms with Crippen LogP contribution in [0.15, 0.2) is 29.1 Å². The van der Waals surface area contributed by atoms with Crippen molar-refractivity contribution < 1.29 is 14.2 Å². The molecule has 0 unspecified atom stereocenters. The van der Waals surface area contributed by atoms with Gasteiger partial charge in [0.15, 0.2) is 5.69 Å². The molecule has 0 aliphatic rings. The van der Waals surface area contributed by atoms with Gasteiger partial charge in [-0.1, -0.05) is 5.16 Å². The fourth-order valence-corrected chi connectivity index (χ4v) is 0.659. The first-order chi connectivity index (χ1) is 6.24. The van der Waals surface area contributed by atoms with E-state index in [0.29, 0.717) is 0 Å². The van der Waals surface area contributed by atoms with Gasteiger partial charge in [0.2, 0.25) is 5.78 Å². The van der Waals surface area contributed by atoms with Gasteiger partial charge in [-0.3, -0.25) is 14.7 Å². The number of allylic oxidation sites excluding steroid dienone is 1. The maximum absolute atomic E-state index is 11.2. The Hall–Kier alpha value is -1.62. The number of hydrogen-bond donors (Lipinski definition) is 0. The van der Waals surface area contributed by atoms with Crippen molar-refractivity contribution in [2.24, 2.45) is 0 Å². The minimum Gasteiger partial charge on any atom is -0.364 e. The van der Waals surface area contributed by atoms with Crippen LogP contribution in [-0.4, -0.2) is 30.2 Å². The number of hydrogen-bond acceptors (Lipinski definition) is 5. The monoisotopic (exact) mass is 182 g/mol. The van der Waals surface area contributed by atoms with E-state index in [1.54, 1.807) is 7.05 Å². The zero-order valence-corrected chi connectivity index (χ0v) is 7.43. The zero-order chi connectivity index (χ0) is 9.68. The second kappa shape index (κ2) is 4.42. The van der Waals surface area contributed by atoms with Crippen LogP contribution in [0.3, 0.4) is 0 Å². The third-order valence-corrected chi connectivity index (χ3v) is 1.41. The van der Waals surface area contributed by atoms with Gasteiger partial charge in [0.05, 0.1) is 7.11 Å². The van der Waals surface area contributed by atoms with Crippen molar-refractivity contribution in [3.05, 3.63) is 30.3 Å². The number of carbonyl (C=O) groups is 1. The van der Waals surface area contributed by atoms with Gasteiger partial charge in [-0.25, -0.2) is 0 Å². The van der Waals surface area contributed by atoms with E-state index in [1.165, 1.54) is 36.8 Å². The van der Waals surface area contributed by atoms with E-state index >= 15 is 0 Å². The van der Waals surface area contributed by atoms with Crippen molar-refractivity contribution in [1.29, 1.82) is 0 Å². The molecular formula is C8H10N2O3. The molecule has 0 bridgehead atoms. The van der Waals surface area contributed by atoms with Crippen molar-refractivity contribution in [3.63, 3.8) is 0 Å². The average molecular weight is 182 g/mol. The minimum absolute atomic E-state index is 0.224. The molecule has 5 nitrogen and oxygen atoms in total. The van der Waals surface area contributed by atoms with Crippen LogP contribution >= 0.6 is 0 Å². The molecule has 1 aromatic rings. The van der Waals surface area contributed by atoms with Gasteiger partial charge in [0.25, 0.3) is 0 Å². The second-order valence-electron chi connectivity index (χ2n) is 2.29. The van der Waals surface area contributed by atoms with Gasteiger partial charge < -0.3 is 4.52 Å². The predicted octanol–water partition coefficient (Wildman–Crippen LogP) is 0.864. The summed E-state index contributed by atoms with van der Waals surface area (Å²) in [5, 5.41) is 4.89. The highest BCUT2D eigenvalue weighted by molar-refractivity contribution is 6.02. The third-order valence-electron chi connectivity index (χ3n) is 1.41. The number of aromatic nitrogens is 1. The molecule has 0 aliphatic heterocycles. The first-order valence-electron chi connectivity index (χ1n) is 3.64. The van der Waals surface area contributed by atoms with Crippen LogP contribution in [0.5, 0.6) is 0 Å². The van der Waals surface area contributed by atoms with E-state index in [9.17, 15) is 4.79 Å². The lowest BCUT2D eigenvalue weighted by Crippen LogP contribution is -2.08. The molecule has 1 heterocycles. The quantitative estimate of drug-likeness (QED) is 0.392. The number of carbonyl (C=O) groups excluding carboxylic acids is 1. The molecule has 0 amide bonds. The Labute approximate surface area is 75.5 Å². The van der Waals surface area contributed by atoms with Crippen LogP contribution in [0.4, 0.5) is 0 Å². The lowest BCUT2D eigenvalue weighted by atomic mass is 10.3. The molecule has 0 aromatic carbocycles. The molecular weight excluding hydrogens is 172 g/mol. The first kappa shape index (κ1) is 9.47. The van der Waals surface area contributed by atoms with Gasteiger partial charge >= 0.3 is 0 Å². The molecule has 0 spiro atoms. The van der Waals surface area contributed by atoms with Crippen LogP contribution in [0.1, 0.15) is 10.5 Å². The van der Waals surface area contributed by atoms with E-state index in [-0.39, 0.29) is 11.5 Å². The summed E-state index contributed by atoms with van der Waals surface area (Å²) in [6.45, 7) is 0. The Morgan fingerprint density at radius 1 is 1.77 bits per heavy atom. The maximum Gasteiger partial charge on any atom is 0.209 e. The molecule has 1 rings (SSSR count). The van der Waals surface area contributed by atoms with E-state index in [1.807, 2.05) is 0 Å². The Kier molecular flexibility index (Phi) is 3.22. The number of hydroxylamine groups is 2. The fourth-order valence-electron chi connectivity index (χ4n) is 0.659. The normalized spacial score (nSPS) is 10.6. The lowest BCUT2D eigenvalue weighted by molar-refractivity contribution is -0.0645. The van der Waals surface area contributed by atoms with E-state index in [2.05, 4.69) is 9.68 Å². The number of rotatable bonds is 4. The molecule has 0 saturated carbocycles. The van der Waals surface area contributed by atoms with Gasteiger partial charge in [0.1, 0.15) is 6.26 Å². The lowest BCUT2D eigenvalue weighted by Gasteiger charge is -2.07. The van der Waals surface area contributed by atoms with Crippen molar-refractivity contribution in [3.8, 4) is 0 Å². The SMILES string of the molecule is CON(C)/C=C\C(=O)c1ccon1. The van der Waals surface area contributed by atoms with Crippen LogP contribution < -0.4 is 0 Å². The van der Waals surface area contributed by atoms with Crippen molar-refractivity contribution in [2.75, 3.05) is 14.2 Å². The van der Waals surface area contributed by atoms with E-state index in [4.69, 9.17) is 4.84 Å². The van der Waals surface area contributed by atoms with E-state index < -0.39 is 0 Å². The summed E-state index contributed by atoms with van der Waals surface area (Å²) in [5.41, 5.74) is 0.278. The van der Waals surface area contributed by atoms with Gasteiger partial charge in [-0.15, -0.1) is 0 Å². The molecule has 13 heavy (non-hydrogen) atoms. The Balaban J connectivity index is 2.56. The summed E-state index contributed by atoms with van der Waals surface area (Å²) >= 11 is 0. The highest BCUT2D eigenvalue weighted by Crippen LogP contribution is 1.97.